The van der Waals surface area contributed by atoms with Gasteiger partial charge in [-0.2, -0.15) is 0 Å². The average Bonchev–Trinajstić information content (AvgIpc) is 2.31. The van der Waals surface area contributed by atoms with Crippen LogP contribution in [0.3, 0.4) is 0 Å². The normalized spacial score (nSPS) is 36.7. The van der Waals surface area contributed by atoms with Crippen LogP contribution in [0.15, 0.2) is 5.11 Å². The fraction of sp³-hybridized carbons (Fsp3) is 1.00. The average molecular weight is 159 g/mol. The van der Waals surface area contributed by atoms with Gasteiger partial charge in [-0.05, 0) is 5.53 Å². The van der Waals surface area contributed by atoms with Gasteiger partial charge in [-0.25, -0.2) is 0 Å². The number of ether oxygens (including phenoxy) is 1. The number of aliphatic hydroxyl groups excluding tert-OH is 2. The van der Waals surface area contributed by atoms with Crippen molar-refractivity contribution in [2.75, 3.05) is 13.2 Å². The van der Waals surface area contributed by atoms with E-state index in [0.717, 1.165) is 0 Å². The van der Waals surface area contributed by atoms with Crippen molar-refractivity contribution in [1.82, 2.24) is 0 Å². The molecule has 0 saturated carbocycles. The second-order valence-corrected chi connectivity index (χ2v) is 2.34. The molecule has 0 aromatic heterocycles. The van der Waals surface area contributed by atoms with Crippen LogP contribution in [-0.4, -0.2) is 41.7 Å². The van der Waals surface area contributed by atoms with Gasteiger partial charge in [-0.1, -0.05) is 5.11 Å². The molecule has 1 aliphatic heterocycles. The summed E-state index contributed by atoms with van der Waals surface area (Å²) >= 11 is 0. The third-order valence-corrected chi connectivity index (χ3v) is 1.58. The Morgan fingerprint density at radius 1 is 1.64 bits per heavy atom. The first kappa shape index (κ1) is 8.29. The molecule has 1 aliphatic rings. The first-order valence-electron chi connectivity index (χ1n) is 3.24. The zero-order valence-corrected chi connectivity index (χ0v) is 5.79. The molecule has 0 amide bonds. The third-order valence-electron chi connectivity index (χ3n) is 1.58. The zero-order chi connectivity index (χ0) is 8.27. The number of hydrogen-bond donors (Lipinski definition) is 2. The summed E-state index contributed by atoms with van der Waals surface area (Å²) in [4.78, 5) is 2.51. The second kappa shape index (κ2) is 3.54. The van der Waals surface area contributed by atoms with Crippen molar-refractivity contribution in [2.45, 2.75) is 18.3 Å². The van der Waals surface area contributed by atoms with Crippen molar-refractivity contribution < 1.29 is 14.9 Å². The lowest BCUT2D eigenvalue weighted by atomic mass is 10.1. The van der Waals surface area contributed by atoms with Crippen molar-refractivity contribution in [1.29, 1.82) is 0 Å². The maximum absolute atomic E-state index is 9.13. The van der Waals surface area contributed by atoms with Gasteiger partial charge in [-0.15, -0.1) is 0 Å². The van der Waals surface area contributed by atoms with E-state index in [1.807, 2.05) is 0 Å². The molecule has 2 N–H and O–H groups in total. The van der Waals surface area contributed by atoms with Gasteiger partial charge in [0.05, 0.1) is 19.3 Å². The van der Waals surface area contributed by atoms with E-state index >= 15 is 0 Å². The fourth-order valence-corrected chi connectivity index (χ4v) is 0.945. The molecule has 0 radical (unpaired) electrons. The van der Waals surface area contributed by atoms with E-state index < -0.39 is 18.3 Å². The van der Waals surface area contributed by atoms with E-state index in [9.17, 15) is 0 Å². The van der Waals surface area contributed by atoms with E-state index in [0.29, 0.717) is 0 Å². The Hall–Kier alpha value is -0.810. The van der Waals surface area contributed by atoms with Gasteiger partial charge in [0.2, 0.25) is 0 Å². The molecule has 1 saturated heterocycles. The number of azide groups is 1. The second-order valence-electron chi connectivity index (χ2n) is 2.34. The molecule has 6 nitrogen and oxygen atoms in total. The lowest BCUT2D eigenvalue weighted by Gasteiger charge is -2.10. The van der Waals surface area contributed by atoms with Gasteiger partial charge in [-0.3, -0.25) is 0 Å². The SMILES string of the molecule is [N-]=[N+]=NC[C@H]1OC[C@@H](O)C1O. The summed E-state index contributed by atoms with van der Waals surface area (Å²) in [5, 5.41) is 21.3. The predicted molar refractivity (Wildman–Crippen MR) is 35.8 cm³/mol. The van der Waals surface area contributed by atoms with Gasteiger partial charge in [0, 0.05) is 4.91 Å². The highest BCUT2D eigenvalue weighted by atomic mass is 16.5. The van der Waals surface area contributed by atoms with E-state index in [-0.39, 0.29) is 13.2 Å². The molecule has 3 atom stereocenters. The summed E-state index contributed by atoms with van der Waals surface area (Å²) in [5.41, 5.74) is 7.94. The monoisotopic (exact) mass is 159 g/mol. The Morgan fingerprint density at radius 3 is 2.82 bits per heavy atom. The Kier molecular flexibility index (Phi) is 2.67. The number of aliphatic hydroxyl groups is 2. The molecule has 0 aromatic rings. The highest BCUT2D eigenvalue weighted by Gasteiger charge is 2.33. The van der Waals surface area contributed by atoms with Crippen LogP contribution in [0.5, 0.6) is 0 Å². The minimum Gasteiger partial charge on any atom is -0.388 e. The van der Waals surface area contributed by atoms with Gasteiger partial charge in [0.1, 0.15) is 12.2 Å². The summed E-state index contributed by atoms with van der Waals surface area (Å²) in [7, 11) is 0. The lowest BCUT2D eigenvalue weighted by molar-refractivity contribution is 0.0276. The Labute approximate surface area is 63.0 Å². The summed E-state index contributed by atoms with van der Waals surface area (Å²) in [6, 6.07) is 0. The predicted octanol–water partition coefficient (Wildman–Crippen LogP) is -0.583. The minimum atomic E-state index is -0.930. The molecule has 6 heteroatoms. The van der Waals surface area contributed by atoms with Crippen molar-refractivity contribution >= 4 is 0 Å². The zero-order valence-electron chi connectivity index (χ0n) is 5.79. The first-order chi connectivity index (χ1) is 5.25. The van der Waals surface area contributed by atoms with E-state index in [2.05, 4.69) is 10.0 Å². The largest absolute Gasteiger partial charge is 0.388 e. The highest BCUT2D eigenvalue weighted by molar-refractivity contribution is 4.84. The third kappa shape index (κ3) is 1.81. The molecule has 0 aromatic carbocycles. The molecule has 1 rings (SSSR count). The van der Waals surface area contributed by atoms with Crippen molar-refractivity contribution in [3.05, 3.63) is 10.4 Å². The van der Waals surface area contributed by atoms with Gasteiger partial charge < -0.3 is 14.9 Å². The summed E-state index contributed by atoms with van der Waals surface area (Å²) < 4.78 is 4.91. The van der Waals surface area contributed by atoms with Crippen molar-refractivity contribution in [3.63, 3.8) is 0 Å². The molecular formula is C5H9N3O3. The smallest absolute Gasteiger partial charge is 0.108 e. The molecule has 11 heavy (non-hydrogen) atoms. The van der Waals surface area contributed by atoms with Gasteiger partial charge in [0.15, 0.2) is 0 Å². The minimum absolute atomic E-state index is 0.0642. The van der Waals surface area contributed by atoms with Crippen LogP contribution < -0.4 is 0 Å². The standard InChI is InChI=1S/C5H9N3O3/c6-8-7-1-4-5(10)3(9)2-11-4/h3-5,9-10H,1-2H2/t3-,4-,5?/m1/s1. The number of hydrogen-bond acceptors (Lipinski definition) is 4. The molecule has 1 unspecified atom stereocenters. The number of nitrogens with zero attached hydrogens (tertiary/aromatic N) is 3. The summed E-state index contributed by atoms with van der Waals surface area (Å²) in [6.07, 6.45) is -2.34. The van der Waals surface area contributed by atoms with Crippen LogP contribution in [0.4, 0.5) is 0 Å². The van der Waals surface area contributed by atoms with Crippen molar-refractivity contribution in [3.8, 4) is 0 Å². The van der Waals surface area contributed by atoms with Crippen LogP contribution in [0.2, 0.25) is 0 Å². The van der Waals surface area contributed by atoms with E-state index in [1.165, 1.54) is 0 Å². The maximum Gasteiger partial charge on any atom is 0.108 e. The van der Waals surface area contributed by atoms with Gasteiger partial charge >= 0.3 is 0 Å². The van der Waals surface area contributed by atoms with Crippen LogP contribution in [0.25, 0.3) is 10.4 Å². The van der Waals surface area contributed by atoms with Gasteiger partial charge in [0.25, 0.3) is 0 Å². The quantitative estimate of drug-likeness (QED) is 0.320. The molecule has 62 valence electrons. The lowest BCUT2D eigenvalue weighted by Crippen LogP contribution is -2.31. The molecule has 1 heterocycles. The van der Waals surface area contributed by atoms with Crippen LogP contribution in [0, 0.1) is 0 Å². The topological polar surface area (TPSA) is 98.5 Å². The fourth-order valence-electron chi connectivity index (χ4n) is 0.945. The Balaban J connectivity index is 2.41. The molecule has 0 aliphatic carbocycles. The number of rotatable bonds is 2. The summed E-state index contributed by atoms with van der Waals surface area (Å²) in [5.74, 6) is 0. The van der Waals surface area contributed by atoms with Crippen LogP contribution in [0.1, 0.15) is 0 Å². The molecule has 0 bridgehead atoms. The Morgan fingerprint density at radius 2 is 2.36 bits per heavy atom. The molecule has 0 spiro atoms. The van der Waals surface area contributed by atoms with Crippen LogP contribution in [-0.2, 0) is 4.74 Å². The molecular weight excluding hydrogens is 150 g/mol. The van der Waals surface area contributed by atoms with Crippen LogP contribution >= 0.6 is 0 Å². The van der Waals surface area contributed by atoms with E-state index in [4.69, 9.17) is 20.5 Å². The first-order valence-corrected chi connectivity index (χ1v) is 3.24. The molecule has 1 fully saturated rings. The van der Waals surface area contributed by atoms with Crippen molar-refractivity contribution in [2.24, 2.45) is 5.11 Å². The van der Waals surface area contributed by atoms with E-state index in [1.54, 1.807) is 0 Å². The maximum atomic E-state index is 9.13. The summed E-state index contributed by atoms with van der Waals surface area (Å²) in [6.45, 7) is 0.168. The highest BCUT2D eigenvalue weighted by Crippen LogP contribution is 2.14. The Bertz CT molecular complexity index is 180.